The number of aromatic nitrogens is 2. The third-order valence-electron chi connectivity index (χ3n) is 13.7. The fourth-order valence-electron chi connectivity index (χ4n) is 10.5. The van der Waals surface area contributed by atoms with E-state index in [1.807, 2.05) is 0 Å². The van der Waals surface area contributed by atoms with Crippen molar-refractivity contribution in [3.63, 3.8) is 0 Å². The van der Waals surface area contributed by atoms with Crippen LogP contribution in [0.1, 0.15) is 0 Å². The topological polar surface area (TPSA) is 9.86 Å². The van der Waals surface area contributed by atoms with Gasteiger partial charge in [0.1, 0.15) is 0 Å². The number of para-hydroxylation sites is 1. The summed E-state index contributed by atoms with van der Waals surface area (Å²) >= 11 is 0. The van der Waals surface area contributed by atoms with E-state index in [0.717, 1.165) is 11.4 Å². The van der Waals surface area contributed by atoms with Crippen LogP contribution in [0.3, 0.4) is 0 Å². The first kappa shape index (κ1) is 39.4. The zero-order valence-corrected chi connectivity index (χ0v) is 37.3. The minimum absolute atomic E-state index is 1.14. The minimum atomic E-state index is 1.14. The van der Waals surface area contributed by atoms with Crippen molar-refractivity contribution in [3.8, 4) is 78.1 Å². The van der Waals surface area contributed by atoms with Gasteiger partial charge in [-0.1, -0.05) is 200 Å². The first-order valence-electron chi connectivity index (χ1n) is 23.4. The molecule has 11 aromatic carbocycles. The molecule has 0 N–H and O–H groups in total. The lowest BCUT2D eigenvalue weighted by Crippen LogP contribution is -1.98. The van der Waals surface area contributed by atoms with E-state index in [2.05, 4.69) is 276 Å². The SMILES string of the molecule is c1ccc(-c2cccc(-c3cc(-c4ccccc4)ccc3-n3c4ccccc4c4cc(-c5ccc6c(c5)c5c(-c7ccccc7)cccc5n6-c5cccc(-c6ccccc6)c5)ccc43)c2)cc1. The average Bonchev–Trinajstić information content (AvgIpc) is 3.94. The van der Waals surface area contributed by atoms with Gasteiger partial charge in [-0.05, 0) is 128 Å². The maximum atomic E-state index is 2.47. The van der Waals surface area contributed by atoms with E-state index in [-0.39, 0.29) is 0 Å². The molecule has 0 saturated carbocycles. The van der Waals surface area contributed by atoms with E-state index in [0.29, 0.717) is 0 Å². The molecule has 2 heteroatoms. The third-order valence-corrected chi connectivity index (χ3v) is 13.7. The van der Waals surface area contributed by atoms with Crippen LogP contribution in [-0.4, -0.2) is 9.13 Å². The Hall–Kier alpha value is -8.98. The first-order chi connectivity index (χ1) is 33.7. The Bertz CT molecular complexity index is 3990. The van der Waals surface area contributed by atoms with Gasteiger partial charge in [0.25, 0.3) is 0 Å². The van der Waals surface area contributed by atoms with E-state index in [1.165, 1.54) is 110 Å². The fourth-order valence-corrected chi connectivity index (χ4v) is 10.5. The van der Waals surface area contributed by atoms with Crippen LogP contribution in [0.2, 0.25) is 0 Å². The second kappa shape index (κ2) is 16.5. The molecule has 0 unspecified atom stereocenters. The van der Waals surface area contributed by atoms with Crippen molar-refractivity contribution in [2.75, 3.05) is 0 Å². The van der Waals surface area contributed by atoms with Crippen LogP contribution in [-0.2, 0) is 0 Å². The van der Waals surface area contributed by atoms with Gasteiger partial charge in [-0.2, -0.15) is 0 Å². The summed E-state index contributed by atoms with van der Waals surface area (Å²) in [5, 5.41) is 4.92. The Kier molecular flexibility index (Phi) is 9.54. The van der Waals surface area contributed by atoms with E-state index in [1.54, 1.807) is 0 Å². The molecule has 2 aromatic heterocycles. The monoisotopic (exact) mass is 864 g/mol. The van der Waals surface area contributed by atoms with Crippen LogP contribution in [0.5, 0.6) is 0 Å². The average molecular weight is 865 g/mol. The summed E-state index contributed by atoms with van der Waals surface area (Å²) in [6.07, 6.45) is 0. The number of fused-ring (bicyclic) bond motifs is 6. The van der Waals surface area contributed by atoms with Gasteiger partial charge in [-0.3, -0.25) is 0 Å². The van der Waals surface area contributed by atoms with E-state index in [4.69, 9.17) is 0 Å². The summed E-state index contributed by atoms with van der Waals surface area (Å²) in [5.74, 6) is 0. The van der Waals surface area contributed by atoms with Gasteiger partial charge in [0.15, 0.2) is 0 Å². The van der Waals surface area contributed by atoms with Crippen molar-refractivity contribution in [1.29, 1.82) is 0 Å². The van der Waals surface area contributed by atoms with Crippen molar-refractivity contribution in [3.05, 3.63) is 267 Å². The second-order valence-corrected chi connectivity index (χ2v) is 17.7. The summed E-state index contributed by atoms with van der Waals surface area (Å²) in [4.78, 5) is 0. The predicted octanol–water partition coefficient (Wildman–Crippen LogP) is 17.9. The van der Waals surface area contributed by atoms with Gasteiger partial charge in [0.05, 0.1) is 27.8 Å². The molecule has 0 atom stereocenters. The van der Waals surface area contributed by atoms with Crippen molar-refractivity contribution in [2.45, 2.75) is 0 Å². The third kappa shape index (κ3) is 6.73. The maximum Gasteiger partial charge on any atom is 0.0547 e. The van der Waals surface area contributed by atoms with Gasteiger partial charge >= 0.3 is 0 Å². The van der Waals surface area contributed by atoms with Crippen LogP contribution < -0.4 is 0 Å². The highest BCUT2D eigenvalue weighted by Crippen LogP contribution is 2.43. The molecule has 0 spiro atoms. The molecule has 0 aliphatic carbocycles. The molecule has 2 heterocycles. The van der Waals surface area contributed by atoms with Crippen molar-refractivity contribution < 1.29 is 0 Å². The summed E-state index contributed by atoms with van der Waals surface area (Å²) < 4.78 is 4.92. The maximum absolute atomic E-state index is 2.47. The highest BCUT2D eigenvalue weighted by atomic mass is 15.0. The van der Waals surface area contributed by atoms with E-state index in [9.17, 15) is 0 Å². The van der Waals surface area contributed by atoms with Gasteiger partial charge in [-0.25, -0.2) is 0 Å². The lowest BCUT2D eigenvalue weighted by atomic mass is 9.94. The second-order valence-electron chi connectivity index (χ2n) is 17.7. The van der Waals surface area contributed by atoms with Gasteiger partial charge in [0.2, 0.25) is 0 Å². The smallest absolute Gasteiger partial charge is 0.0547 e. The van der Waals surface area contributed by atoms with Gasteiger partial charge < -0.3 is 9.13 Å². The summed E-state index contributed by atoms with van der Waals surface area (Å²) in [6.45, 7) is 0. The van der Waals surface area contributed by atoms with Crippen LogP contribution in [0.15, 0.2) is 267 Å². The predicted molar refractivity (Wildman–Crippen MR) is 288 cm³/mol. The molecule has 0 fully saturated rings. The number of hydrogen-bond acceptors (Lipinski definition) is 0. The van der Waals surface area contributed by atoms with Crippen LogP contribution in [0.25, 0.3) is 122 Å². The molecule has 2 nitrogen and oxygen atoms in total. The van der Waals surface area contributed by atoms with E-state index < -0.39 is 0 Å². The summed E-state index contributed by atoms with van der Waals surface area (Å²) in [6, 6.07) is 97.5. The zero-order chi connectivity index (χ0) is 45.0. The number of hydrogen-bond donors (Lipinski definition) is 0. The quantitative estimate of drug-likeness (QED) is 0.144. The molecule has 0 radical (unpaired) electrons. The zero-order valence-electron chi connectivity index (χ0n) is 37.3. The van der Waals surface area contributed by atoms with Crippen molar-refractivity contribution >= 4 is 43.6 Å². The number of rotatable bonds is 8. The normalized spacial score (nSPS) is 11.5. The van der Waals surface area contributed by atoms with Crippen molar-refractivity contribution in [1.82, 2.24) is 9.13 Å². The minimum Gasteiger partial charge on any atom is -0.309 e. The molecule has 13 rings (SSSR count). The Balaban J connectivity index is 1.00. The van der Waals surface area contributed by atoms with Crippen LogP contribution in [0, 0.1) is 0 Å². The molecule has 0 saturated heterocycles. The molecule has 0 bridgehead atoms. The molecule has 0 amide bonds. The Labute approximate surface area is 395 Å². The molecule has 318 valence electrons. The highest BCUT2D eigenvalue weighted by molar-refractivity contribution is 6.17. The molecule has 0 aliphatic rings. The molecular weight excluding hydrogens is 821 g/mol. The number of benzene rings is 11. The standard InChI is InChI=1S/C66H44N2/c1-5-18-45(19-6-1)49-26-15-28-54(40-49)58-42-51(47-22-9-3-10-23-47)34-37-62(58)68-61-32-14-13-30-57(61)59-43-52(35-38-63(59)68)53-36-39-64-60(44-53)66-56(48-24-11-4-12-25-48)31-17-33-65(66)67(64)55-29-16-27-50(41-55)46-20-7-2-8-21-46/h1-44H. The lowest BCUT2D eigenvalue weighted by Gasteiger charge is -2.17. The van der Waals surface area contributed by atoms with E-state index >= 15 is 0 Å². The van der Waals surface area contributed by atoms with Gasteiger partial charge in [0, 0.05) is 32.8 Å². The molecular formula is C66H44N2. The van der Waals surface area contributed by atoms with Crippen molar-refractivity contribution in [2.24, 2.45) is 0 Å². The largest absolute Gasteiger partial charge is 0.309 e. The molecule has 68 heavy (non-hydrogen) atoms. The highest BCUT2D eigenvalue weighted by Gasteiger charge is 2.20. The Morgan fingerprint density at radius 1 is 0.206 bits per heavy atom. The first-order valence-corrected chi connectivity index (χ1v) is 23.4. The Morgan fingerprint density at radius 3 is 1.34 bits per heavy atom. The van der Waals surface area contributed by atoms with Crippen LogP contribution in [0.4, 0.5) is 0 Å². The Morgan fingerprint density at radius 2 is 0.662 bits per heavy atom. The molecule has 0 aliphatic heterocycles. The lowest BCUT2D eigenvalue weighted by molar-refractivity contribution is 1.18. The number of nitrogens with zero attached hydrogens (tertiary/aromatic N) is 2. The molecule has 13 aromatic rings. The van der Waals surface area contributed by atoms with Crippen LogP contribution >= 0.6 is 0 Å². The summed E-state index contributed by atoms with van der Waals surface area (Å²) in [7, 11) is 0. The fraction of sp³-hybridized carbons (Fsp3) is 0. The van der Waals surface area contributed by atoms with Gasteiger partial charge in [-0.15, -0.1) is 0 Å². The summed E-state index contributed by atoms with van der Waals surface area (Å²) in [5.41, 5.74) is 21.3.